The van der Waals surface area contributed by atoms with Gasteiger partial charge in [-0.1, -0.05) is 0 Å². The first-order valence-electron chi connectivity index (χ1n) is 2.69. The molecular formula is C5H8NO2. The third kappa shape index (κ3) is 1.20. The molecule has 0 spiro atoms. The van der Waals surface area contributed by atoms with E-state index in [0.29, 0.717) is 6.47 Å². The predicted molar refractivity (Wildman–Crippen MR) is 27.2 cm³/mol. The maximum atomic E-state index is 9.68. The Labute approximate surface area is 48.0 Å². The van der Waals surface area contributed by atoms with Crippen molar-refractivity contribution in [2.45, 2.75) is 19.1 Å². The van der Waals surface area contributed by atoms with Crippen LogP contribution in [0.25, 0.3) is 0 Å². The summed E-state index contributed by atoms with van der Waals surface area (Å²) in [6.45, 7) is 1.30. The second-order valence-electron chi connectivity index (χ2n) is 1.74. The van der Waals surface area contributed by atoms with Crippen LogP contribution in [0.4, 0.5) is 0 Å². The summed E-state index contributed by atoms with van der Waals surface area (Å²) in [5.41, 5.74) is 0. The number of rotatable bonds is 2. The predicted octanol–water partition coefficient (Wildman–Crippen LogP) is -0.116. The highest BCUT2D eigenvalue weighted by atomic mass is 16.5. The van der Waals surface area contributed by atoms with Crippen LogP contribution in [-0.4, -0.2) is 19.2 Å². The van der Waals surface area contributed by atoms with E-state index < -0.39 is 0 Å². The maximum absolute atomic E-state index is 9.68. The van der Waals surface area contributed by atoms with E-state index in [4.69, 9.17) is 0 Å². The minimum absolute atomic E-state index is 0.132. The van der Waals surface area contributed by atoms with Crippen molar-refractivity contribution < 1.29 is 9.53 Å². The van der Waals surface area contributed by atoms with Crippen molar-refractivity contribution in [3.63, 3.8) is 0 Å². The minimum atomic E-state index is -0.132. The summed E-state index contributed by atoms with van der Waals surface area (Å²) in [5, 5.41) is 3.97. The lowest BCUT2D eigenvalue weighted by atomic mass is 10.4. The highest BCUT2D eigenvalue weighted by molar-refractivity contribution is 5.37. The van der Waals surface area contributed by atoms with E-state index >= 15 is 0 Å². The van der Waals surface area contributed by atoms with Crippen molar-refractivity contribution in [3.8, 4) is 0 Å². The second-order valence-corrected chi connectivity index (χ2v) is 1.74. The molecule has 3 nitrogen and oxygen atoms in total. The van der Waals surface area contributed by atoms with Crippen molar-refractivity contribution in [2.24, 2.45) is 0 Å². The Morgan fingerprint density at radius 1 is 1.75 bits per heavy atom. The normalized spacial score (nSPS) is 27.8. The van der Waals surface area contributed by atoms with Crippen molar-refractivity contribution in [1.82, 2.24) is 5.32 Å². The molecule has 1 atom stereocenters. The molecule has 1 aliphatic rings. The molecule has 0 N–H and O–H groups in total. The van der Waals surface area contributed by atoms with Crippen LogP contribution < -0.4 is 5.32 Å². The minimum Gasteiger partial charge on any atom is -0.447 e. The number of ether oxygens (including phenoxy) is 1. The first-order chi connectivity index (χ1) is 3.93. The van der Waals surface area contributed by atoms with Crippen LogP contribution in [0.5, 0.6) is 0 Å². The van der Waals surface area contributed by atoms with E-state index in [1.54, 1.807) is 0 Å². The lowest BCUT2D eigenvalue weighted by Crippen LogP contribution is -2.16. The summed E-state index contributed by atoms with van der Waals surface area (Å²) in [5.74, 6) is 0. The highest BCUT2D eigenvalue weighted by Gasteiger charge is 2.14. The third-order valence-electron chi connectivity index (χ3n) is 1.15. The zero-order chi connectivity index (χ0) is 5.82. The Balaban J connectivity index is 2.14. The van der Waals surface area contributed by atoms with Crippen LogP contribution in [0.15, 0.2) is 0 Å². The zero-order valence-corrected chi connectivity index (χ0v) is 4.54. The van der Waals surface area contributed by atoms with E-state index in [9.17, 15) is 4.79 Å². The van der Waals surface area contributed by atoms with E-state index in [1.165, 1.54) is 0 Å². The van der Waals surface area contributed by atoms with Gasteiger partial charge in [0.1, 0.15) is 0 Å². The van der Waals surface area contributed by atoms with Crippen molar-refractivity contribution in [3.05, 3.63) is 0 Å². The number of hydrogen-bond acceptors (Lipinski definition) is 2. The van der Waals surface area contributed by atoms with Gasteiger partial charge in [-0.3, -0.25) is 4.79 Å². The fraction of sp³-hybridized carbons (Fsp3) is 0.800. The first kappa shape index (κ1) is 5.56. The molecule has 1 aliphatic heterocycles. The summed E-state index contributed by atoms with van der Waals surface area (Å²) in [6, 6.07) is 0. The smallest absolute Gasteiger partial charge is 0.294 e. The van der Waals surface area contributed by atoms with E-state index in [1.807, 2.05) is 0 Å². The third-order valence-corrected chi connectivity index (χ3v) is 1.15. The van der Waals surface area contributed by atoms with Gasteiger partial charge in [0.05, 0.1) is 0 Å². The van der Waals surface area contributed by atoms with Gasteiger partial charge in [-0.2, -0.15) is 0 Å². The SMILES string of the molecule is O=COC1CCC[N]1. The molecule has 0 aromatic heterocycles. The molecule has 1 heterocycles. The topological polar surface area (TPSA) is 40.4 Å². The molecule has 1 unspecified atom stereocenters. The fourth-order valence-electron chi connectivity index (χ4n) is 0.768. The number of carbonyl (C=O) groups excluding carboxylic acids is 1. The molecular weight excluding hydrogens is 106 g/mol. The molecule has 0 aromatic rings. The van der Waals surface area contributed by atoms with E-state index in [0.717, 1.165) is 19.4 Å². The average Bonchev–Trinajstić information content (AvgIpc) is 2.19. The molecule has 8 heavy (non-hydrogen) atoms. The molecule has 1 radical (unpaired) electrons. The van der Waals surface area contributed by atoms with Crippen LogP contribution >= 0.6 is 0 Å². The number of hydrogen-bond donors (Lipinski definition) is 0. The summed E-state index contributed by atoms with van der Waals surface area (Å²) in [7, 11) is 0. The molecule has 0 aromatic carbocycles. The Morgan fingerprint density at radius 2 is 2.62 bits per heavy atom. The molecule has 1 rings (SSSR count). The quantitative estimate of drug-likeness (QED) is 0.470. The second kappa shape index (κ2) is 2.67. The first-order valence-corrected chi connectivity index (χ1v) is 2.69. The van der Waals surface area contributed by atoms with Gasteiger partial charge in [0.15, 0.2) is 6.23 Å². The summed E-state index contributed by atoms with van der Waals surface area (Å²) >= 11 is 0. The largest absolute Gasteiger partial charge is 0.447 e. The Kier molecular flexibility index (Phi) is 1.86. The van der Waals surface area contributed by atoms with Crippen molar-refractivity contribution >= 4 is 6.47 Å². The van der Waals surface area contributed by atoms with Crippen molar-refractivity contribution in [1.29, 1.82) is 0 Å². The lowest BCUT2D eigenvalue weighted by molar-refractivity contribution is -0.134. The molecule has 0 amide bonds. The van der Waals surface area contributed by atoms with Crippen molar-refractivity contribution in [2.75, 3.05) is 6.54 Å². The van der Waals surface area contributed by atoms with E-state index in [-0.39, 0.29) is 6.23 Å². The Hall–Kier alpha value is -0.570. The van der Waals surface area contributed by atoms with Crippen LogP contribution in [0.2, 0.25) is 0 Å². The Morgan fingerprint density at radius 3 is 3.12 bits per heavy atom. The van der Waals surface area contributed by atoms with Gasteiger partial charge in [0.2, 0.25) is 0 Å². The van der Waals surface area contributed by atoms with Crippen LogP contribution in [0.3, 0.4) is 0 Å². The van der Waals surface area contributed by atoms with Gasteiger partial charge >= 0.3 is 0 Å². The average molecular weight is 114 g/mol. The lowest BCUT2D eigenvalue weighted by Gasteiger charge is -2.02. The van der Waals surface area contributed by atoms with Crippen LogP contribution in [0.1, 0.15) is 12.8 Å². The van der Waals surface area contributed by atoms with Gasteiger partial charge in [0.25, 0.3) is 6.47 Å². The van der Waals surface area contributed by atoms with Crippen LogP contribution in [0, 0.1) is 0 Å². The molecule has 1 fully saturated rings. The van der Waals surface area contributed by atoms with Gasteiger partial charge < -0.3 is 4.74 Å². The van der Waals surface area contributed by atoms with Gasteiger partial charge in [-0.05, 0) is 6.42 Å². The monoisotopic (exact) mass is 114 g/mol. The molecule has 0 bridgehead atoms. The number of carbonyl (C=O) groups is 1. The molecule has 0 saturated carbocycles. The summed E-state index contributed by atoms with van der Waals surface area (Å²) in [6.07, 6.45) is 1.82. The van der Waals surface area contributed by atoms with E-state index in [2.05, 4.69) is 10.1 Å². The standard InChI is InChI=1S/C5H8NO2/c7-4-8-5-2-1-3-6-5/h4-5H,1-3H2. The van der Waals surface area contributed by atoms with Gasteiger partial charge in [0, 0.05) is 13.0 Å². The fourth-order valence-corrected chi connectivity index (χ4v) is 0.768. The zero-order valence-electron chi connectivity index (χ0n) is 4.54. The molecule has 3 heteroatoms. The molecule has 0 aliphatic carbocycles. The maximum Gasteiger partial charge on any atom is 0.294 e. The Bertz CT molecular complexity index is 78.5. The summed E-state index contributed by atoms with van der Waals surface area (Å²) < 4.78 is 4.56. The van der Waals surface area contributed by atoms with Crippen LogP contribution in [-0.2, 0) is 9.53 Å². The number of nitrogens with zero attached hydrogens (tertiary/aromatic N) is 1. The molecule has 45 valence electrons. The summed E-state index contributed by atoms with van der Waals surface area (Å²) in [4.78, 5) is 9.68. The highest BCUT2D eigenvalue weighted by Crippen LogP contribution is 2.05. The van der Waals surface area contributed by atoms with Gasteiger partial charge in [-0.25, -0.2) is 5.32 Å². The molecule has 1 saturated heterocycles. The van der Waals surface area contributed by atoms with Gasteiger partial charge in [-0.15, -0.1) is 0 Å².